The molecule has 1 aliphatic rings. The molecule has 6 heteroatoms. The lowest BCUT2D eigenvalue weighted by Gasteiger charge is -2.21. The van der Waals surface area contributed by atoms with E-state index in [1.165, 1.54) is 16.6 Å². The molecule has 0 fully saturated rings. The standard InChI is InChI=1S/C16H16N2O2S2/c1-10-15(19)18-13-9-11(4-5-14(13)22-10)16(20)17-7-6-12-3-2-8-21-12/h2-5,8-10H,6-7H2,1H3,(H,17,20)(H,18,19). The van der Waals surface area contributed by atoms with Crippen molar-refractivity contribution in [1.29, 1.82) is 0 Å². The fourth-order valence-corrected chi connectivity index (χ4v) is 3.85. The van der Waals surface area contributed by atoms with Crippen LogP contribution in [0.25, 0.3) is 0 Å². The minimum atomic E-state index is -0.114. The third kappa shape index (κ3) is 3.34. The van der Waals surface area contributed by atoms with E-state index in [4.69, 9.17) is 0 Å². The number of carbonyl (C=O) groups is 2. The van der Waals surface area contributed by atoms with E-state index in [0.717, 1.165) is 17.0 Å². The fourth-order valence-electron chi connectivity index (χ4n) is 2.21. The summed E-state index contributed by atoms with van der Waals surface area (Å²) >= 11 is 3.20. The van der Waals surface area contributed by atoms with Crippen LogP contribution < -0.4 is 10.6 Å². The van der Waals surface area contributed by atoms with Crippen LogP contribution in [-0.4, -0.2) is 23.6 Å². The molecule has 2 aromatic rings. The van der Waals surface area contributed by atoms with Crippen LogP contribution in [0.2, 0.25) is 0 Å². The molecule has 2 N–H and O–H groups in total. The summed E-state index contributed by atoms with van der Waals surface area (Å²) in [6.45, 7) is 2.47. The molecule has 0 saturated heterocycles. The second-order valence-corrected chi connectivity index (χ2v) is 7.46. The summed E-state index contributed by atoms with van der Waals surface area (Å²) in [6.07, 6.45) is 0.832. The van der Waals surface area contributed by atoms with E-state index in [9.17, 15) is 9.59 Å². The first-order valence-corrected chi connectivity index (χ1v) is 8.81. The number of thioether (sulfide) groups is 1. The molecule has 0 saturated carbocycles. The maximum atomic E-state index is 12.2. The predicted octanol–water partition coefficient (Wildman–Crippen LogP) is 3.15. The molecular weight excluding hydrogens is 316 g/mol. The number of rotatable bonds is 4. The van der Waals surface area contributed by atoms with Crippen molar-refractivity contribution in [1.82, 2.24) is 5.32 Å². The molecule has 0 bridgehead atoms. The molecule has 114 valence electrons. The molecule has 1 aromatic heterocycles. The summed E-state index contributed by atoms with van der Waals surface area (Å²) in [7, 11) is 0. The number of hydrogen-bond acceptors (Lipinski definition) is 4. The van der Waals surface area contributed by atoms with Crippen molar-refractivity contribution in [2.24, 2.45) is 0 Å². The Morgan fingerprint density at radius 2 is 2.23 bits per heavy atom. The van der Waals surface area contributed by atoms with Crippen LogP contribution in [-0.2, 0) is 11.2 Å². The van der Waals surface area contributed by atoms with Crippen molar-refractivity contribution in [3.05, 3.63) is 46.2 Å². The van der Waals surface area contributed by atoms with Crippen molar-refractivity contribution in [2.45, 2.75) is 23.5 Å². The fraction of sp³-hybridized carbons (Fsp3) is 0.250. The highest BCUT2D eigenvalue weighted by molar-refractivity contribution is 8.00. The Labute approximate surface area is 137 Å². The summed E-state index contributed by atoms with van der Waals surface area (Å²) in [6, 6.07) is 9.50. The Balaban J connectivity index is 1.63. The lowest BCUT2D eigenvalue weighted by atomic mass is 10.1. The first-order chi connectivity index (χ1) is 10.6. The molecule has 0 radical (unpaired) electrons. The molecule has 1 aliphatic heterocycles. The molecule has 2 amide bonds. The Kier molecular flexibility index (Phi) is 4.49. The van der Waals surface area contributed by atoms with Crippen LogP contribution in [0.1, 0.15) is 22.2 Å². The highest BCUT2D eigenvalue weighted by Crippen LogP contribution is 2.35. The normalized spacial score (nSPS) is 16.8. The second-order valence-electron chi connectivity index (χ2n) is 5.05. The van der Waals surface area contributed by atoms with E-state index in [2.05, 4.69) is 16.7 Å². The van der Waals surface area contributed by atoms with Crippen molar-refractivity contribution in [2.75, 3.05) is 11.9 Å². The van der Waals surface area contributed by atoms with Crippen molar-refractivity contribution in [3.8, 4) is 0 Å². The minimum Gasteiger partial charge on any atom is -0.352 e. The number of benzene rings is 1. The van der Waals surface area contributed by atoms with Crippen LogP contribution in [0.3, 0.4) is 0 Å². The van der Waals surface area contributed by atoms with Crippen molar-refractivity contribution < 1.29 is 9.59 Å². The summed E-state index contributed by atoms with van der Waals surface area (Å²) < 4.78 is 0. The highest BCUT2D eigenvalue weighted by atomic mass is 32.2. The van der Waals surface area contributed by atoms with Crippen LogP contribution in [0.5, 0.6) is 0 Å². The monoisotopic (exact) mass is 332 g/mol. The van der Waals surface area contributed by atoms with Crippen molar-refractivity contribution >= 4 is 40.6 Å². The molecule has 1 aromatic carbocycles. The maximum Gasteiger partial charge on any atom is 0.251 e. The smallest absolute Gasteiger partial charge is 0.251 e. The minimum absolute atomic E-state index is 0.0206. The van der Waals surface area contributed by atoms with E-state index < -0.39 is 0 Å². The number of thiophene rings is 1. The number of amides is 2. The van der Waals surface area contributed by atoms with Gasteiger partial charge in [-0.1, -0.05) is 6.07 Å². The van der Waals surface area contributed by atoms with Gasteiger partial charge in [0.1, 0.15) is 0 Å². The van der Waals surface area contributed by atoms with Gasteiger partial charge in [0.25, 0.3) is 5.91 Å². The van der Waals surface area contributed by atoms with Crippen LogP contribution in [0.4, 0.5) is 5.69 Å². The molecule has 2 heterocycles. The quantitative estimate of drug-likeness (QED) is 0.904. The first-order valence-electron chi connectivity index (χ1n) is 7.05. The largest absolute Gasteiger partial charge is 0.352 e. The SMILES string of the molecule is CC1Sc2ccc(C(=O)NCCc3cccs3)cc2NC1=O. The van der Waals surface area contributed by atoms with Gasteiger partial charge in [-0.05, 0) is 43.0 Å². The number of fused-ring (bicyclic) bond motifs is 1. The van der Waals surface area contributed by atoms with Gasteiger partial charge in [0.05, 0.1) is 10.9 Å². The van der Waals surface area contributed by atoms with Crippen molar-refractivity contribution in [3.63, 3.8) is 0 Å². The molecular formula is C16H16N2O2S2. The number of hydrogen-bond donors (Lipinski definition) is 2. The first kappa shape index (κ1) is 15.1. The zero-order valence-electron chi connectivity index (χ0n) is 12.1. The maximum absolute atomic E-state index is 12.2. The molecule has 22 heavy (non-hydrogen) atoms. The van der Waals surface area contributed by atoms with Crippen LogP contribution in [0.15, 0.2) is 40.6 Å². The third-order valence-corrected chi connectivity index (χ3v) is 5.52. The van der Waals surface area contributed by atoms with E-state index in [0.29, 0.717) is 12.1 Å². The van der Waals surface area contributed by atoms with E-state index in [1.807, 2.05) is 24.4 Å². The van der Waals surface area contributed by atoms with E-state index in [-0.39, 0.29) is 17.1 Å². The molecule has 0 aliphatic carbocycles. The molecule has 1 unspecified atom stereocenters. The summed E-state index contributed by atoms with van der Waals surface area (Å²) in [5, 5.41) is 7.69. The molecule has 3 rings (SSSR count). The Morgan fingerprint density at radius 1 is 1.36 bits per heavy atom. The highest BCUT2D eigenvalue weighted by Gasteiger charge is 2.23. The Hall–Kier alpha value is -1.79. The van der Waals surface area contributed by atoms with Gasteiger partial charge >= 0.3 is 0 Å². The summed E-state index contributed by atoms with van der Waals surface area (Å²) in [5.41, 5.74) is 1.29. The number of carbonyl (C=O) groups excluding carboxylic acids is 2. The lowest BCUT2D eigenvalue weighted by Crippen LogP contribution is -2.28. The molecule has 0 spiro atoms. The average Bonchev–Trinajstić information content (AvgIpc) is 3.01. The number of nitrogens with one attached hydrogen (secondary N) is 2. The van der Waals surface area contributed by atoms with Gasteiger partial charge in [-0.3, -0.25) is 9.59 Å². The number of anilines is 1. The van der Waals surface area contributed by atoms with Gasteiger partial charge in [-0.15, -0.1) is 23.1 Å². The summed E-state index contributed by atoms with van der Waals surface area (Å²) in [5.74, 6) is -0.134. The van der Waals surface area contributed by atoms with Gasteiger partial charge in [0, 0.05) is 21.9 Å². The second kappa shape index (κ2) is 6.54. The Morgan fingerprint density at radius 3 is 3.00 bits per heavy atom. The third-order valence-electron chi connectivity index (χ3n) is 3.41. The van der Waals surface area contributed by atoms with Gasteiger partial charge < -0.3 is 10.6 Å². The molecule has 4 nitrogen and oxygen atoms in total. The van der Waals surface area contributed by atoms with E-state index >= 15 is 0 Å². The van der Waals surface area contributed by atoms with Gasteiger partial charge in [0.2, 0.25) is 5.91 Å². The zero-order chi connectivity index (χ0) is 15.5. The van der Waals surface area contributed by atoms with E-state index in [1.54, 1.807) is 23.5 Å². The van der Waals surface area contributed by atoms with Gasteiger partial charge in [-0.2, -0.15) is 0 Å². The van der Waals surface area contributed by atoms with Crippen LogP contribution in [0, 0.1) is 0 Å². The van der Waals surface area contributed by atoms with Gasteiger partial charge in [0.15, 0.2) is 0 Å². The molecule has 1 atom stereocenters. The van der Waals surface area contributed by atoms with Crippen LogP contribution >= 0.6 is 23.1 Å². The lowest BCUT2D eigenvalue weighted by molar-refractivity contribution is -0.115. The topological polar surface area (TPSA) is 58.2 Å². The zero-order valence-corrected chi connectivity index (χ0v) is 13.7. The Bertz CT molecular complexity index is 698. The van der Waals surface area contributed by atoms with Gasteiger partial charge in [-0.25, -0.2) is 0 Å². The summed E-state index contributed by atoms with van der Waals surface area (Å²) in [4.78, 5) is 26.1. The predicted molar refractivity (Wildman–Crippen MR) is 90.7 cm³/mol. The average molecular weight is 332 g/mol.